The summed E-state index contributed by atoms with van der Waals surface area (Å²) in [6.07, 6.45) is 4.17. The van der Waals surface area contributed by atoms with Gasteiger partial charge in [0.1, 0.15) is 0 Å². The molecule has 0 heterocycles. The monoisotopic (exact) mass is 631 g/mol. The predicted molar refractivity (Wildman–Crippen MR) is 121 cm³/mol. The van der Waals surface area contributed by atoms with Crippen molar-refractivity contribution in [3.63, 3.8) is 0 Å². The van der Waals surface area contributed by atoms with E-state index in [1.807, 2.05) is 13.8 Å². The Balaban J connectivity index is -0.000000500. The van der Waals surface area contributed by atoms with E-state index < -0.39 is 27.1 Å². The molecule has 0 aliphatic heterocycles. The number of rotatable bonds is 10. The van der Waals surface area contributed by atoms with Gasteiger partial charge in [-0.15, -0.1) is 0 Å². The average Bonchev–Trinajstić information content (AvgIpc) is 2.81. The summed E-state index contributed by atoms with van der Waals surface area (Å²) >= 11 is -0.931. The second-order valence-corrected chi connectivity index (χ2v) is 11.4. The minimum absolute atomic E-state index is 0. The van der Waals surface area contributed by atoms with Crippen molar-refractivity contribution in [1.82, 2.24) is 0 Å². The third kappa shape index (κ3) is 16.1. The molecule has 11 heteroatoms. The van der Waals surface area contributed by atoms with Gasteiger partial charge in [0.15, 0.2) is 11.6 Å². The van der Waals surface area contributed by atoms with Crippen molar-refractivity contribution in [3.8, 4) is 0 Å². The zero-order valence-electron chi connectivity index (χ0n) is 20.5. The molecule has 0 saturated carbocycles. The number of carbonyl (C=O) groups excluding carboxylic acids is 4. The number of carboxylic acid groups (broad SMARTS) is 2. The van der Waals surface area contributed by atoms with Gasteiger partial charge in [-0.25, -0.2) is 0 Å². The average molecular weight is 635 g/mol. The second kappa shape index (κ2) is 23.9. The summed E-state index contributed by atoms with van der Waals surface area (Å²) in [6.45, 7) is 3.97. The fourth-order valence-electron chi connectivity index (χ4n) is 2.75. The molecule has 2 aromatic rings. The molecule has 0 fully saturated rings. The number of halogens is 2. The molecular weight excluding hydrogens is 609 g/mol. The Morgan fingerprint density at radius 1 is 0.686 bits per heavy atom. The molecule has 2 aromatic carbocycles. The van der Waals surface area contributed by atoms with Crippen LogP contribution < -0.4 is 39.8 Å². The van der Waals surface area contributed by atoms with Gasteiger partial charge in [0, 0.05) is 35.1 Å². The fourth-order valence-corrected chi connectivity index (χ4v) is 2.75. The summed E-state index contributed by atoms with van der Waals surface area (Å²) in [7, 11) is 9.90. The number of aromatic carboxylic acids is 2. The van der Waals surface area contributed by atoms with E-state index >= 15 is 0 Å². The summed E-state index contributed by atoms with van der Waals surface area (Å²) in [5, 5.41) is 21.5. The number of unbranched alkanes of at least 4 members (excludes halogenated alkanes) is 2. The van der Waals surface area contributed by atoms with Crippen molar-refractivity contribution in [2.75, 3.05) is 0 Å². The van der Waals surface area contributed by atoms with Crippen LogP contribution in [0.2, 0.25) is 0 Å². The first-order valence-corrected chi connectivity index (χ1v) is 18.3. The van der Waals surface area contributed by atoms with Crippen molar-refractivity contribution < 1.29 is 93.6 Å². The molecule has 176 valence electrons. The Kier molecular flexibility index (Phi) is 26.7. The molecule has 0 bridgehead atoms. The molecule has 0 saturated heterocycles. The quantitative estimate of drug-likeness (QED) is 0.287. The smallest absolute Gasteiger partial charge is 1.00 e. The topological polar surface area (TPSA) is 114 Å². The molecule has 0 aliphatic rings. The minimum Gasteiger partial charge on any atom is 1.00 e. The summed E-state index contributed by atoms with van der Waals surface area (Å²) in [6, 6.07) is 12.3. The Hall–Kier alpha value is -0.453. The Morgan fingerprint density at radius 3 is 1.17 bits per heavy atom. The normalized spacial score (nSPS) is 8.80. The minimum atomic E-state index is -1.30. The number of ketones is 2. The van der Waals surface area contributed by atoms with Crippen LogP contribution in [0.4, 0.5) is 0 Å². The Bertz CT molecular complexity index is 855. The van der Waals surface area contributed by atoms with Crippen LogP contribution in [0.25, 0.3) is 0 Å². The fraction of sp³-hybridized carbons (Fsp3) is 0.333. The van der Waals surface area contributed by atoms with E-state index in [1.165, 1.54) is 24.3 Å². The molecule has 6 nitrogen and oxygen atoms in total. The molecule has 0 amide bonds. The van der Waals surface area contributed by atoms with Gasteiger partial charge in [0.25, 0.3) is 0 Å². The number of hydrogen-bond donors (Lipinski definition) is 0. The molecule has 2 rings (SSSR count). The SMILES string of the molecule is CCCCC(=O)c1ccccc1C(=O)[O-].CCCCC(=O)c1ccccc1C(=O)[O-].[Cl][Zn][Cl].[Na+].[Zn+2]. The second-order valence-electron chi connectivity index (χ2n) is 6.82. The van der Waals surface area contributed by atoms with Gasteiger partial charge >= 0.3 is 83.6 Å². The van der Waals surface area contributed by atoms with E-state index in [0.717, 1.165) is 25.7 Å². The maximum absolute atomic E-state index is 11.6. The van der Waals surface area contributed by atoms with Crippen molar-refractivity contribution >= 4 is 42.9 Å². The molecule has 0 radical (unpaired) electrons. The Morgan fingerprint density at radius 2 is 0.943 bits per heavy atom. The first-order chi connectivity index (χ1) is 15.7. The molecule has 0 spiro atoms. The van der Waals surface area contributed by atoms with Crippen molar-refractivity contribution in [2.24, 2.45) is 0 Å². The van der Waals surface area contributed by atoms with Gasteiger partial charge < -0.3 is 19.8 Å². The zero-order chi connectivity index (χ0) is 25.2. The van der Waals surface area contributed by atoms with Gasteiger partial charge in [-0.2, -0.15) is 0 Å². The van der Waals surface area contributed by atoms with Gasteiger partial charge in [0.05, 0.1) is 11.9 Å². The van der Waals surface area contributed by atoms with Gasteiger partial charge in [-0.3, -0.25) is 9.59 Å². The zero-order valence-corrected chi connectivity index (χ0v) is 29.9. The van der Waals surface area contributed by atoms with E-state index in [2.05, 4.69) is 0 Å². The summed E-state index contributed by atoms with van der Waals surface area (Å²) in [5.41, 5.74) is 0.481. The third-order valence-electron chi connectivity index (χ3n) is 4.41. The number of carbonyl (C=O) groups is 4. The van der Waals surface area contributed by atoms with E-state index in [1.54, 1.807) is 24.3 Å². The van der Waals surface area contributed by atoms with Crippen LogP contribution in [0, 0.1) is 0 Å². The predicted octanol–water partition coefficient (Wildman–Crippen LogP) is 1.22. The van der Waals surface area contributed by atoms with Crippen LogP contribution in [-0.4, -0.2) is 23.5 Å². The van der Waals surface area contributed by atoms with Crippen LogP contribution in [0.15, 0.2) is 48.5 Å². The van der Waals surface area contributed by atoms with Crippen LogP contribution in [-0.2, 0) is 34.6 Å². The third-order valence-corrected chi connectivity index (χ3v) is 4.41. The maximum atomic E-state index is 11.6. The maximum Gasteiger partial charge on any atom is 2.00 e. The largest absolute Gasteiger partial charge is 2.00 e. The van der Waals surface area contributed by atoms with Crippen LogP contribution in [0.1, 0.15) is 93.8 Å². The van der Waals surface area contributed by atoms with Gasteiger partial charge in [-0.05, 0) is 12.8 Å². The van der Waals surface area contributed by atoms with Gasteiger partial charge in [0.2, 0.25) is 0 Å². The molecular formula is C24H26Cl2NaO6Zn2+. The number of hydrogen-bond acceptors (Lipinski definition) is 6. The number of Topliss-reactive ketones (excluding diaryl/α,β-unsaturated/α-hetero) is 2. The molecule has 0 aliphatic carbocycles. The van der Waals surface area contributed by atoms with Crippen molar-refractivity contribution in [2.45, 2.75) is 52.4 Å². The summed E-state index contributed by atoms with van der Waals surface area (Å²) < 4.78 is 0. The van der Waals surface area contributed by atoms with Crippen LogP contribution in [0.5, 0.6) is 0 Å². The van der Waals surface area contributed by atoms with E-state index in [-0.39, 0.29) is 82.9 Å². The molecule has 0 N–H and O–H groups in total. The van der Waals surface area contributed by atoms with Crippen molar-refractivity contribution in [1.29, 1.82) is 0 Å². The molecule has 0 aromatic heterocycles. The van der Waals surface area contributed by atoms with E-state index in [4.69, 9.17) is 19.4 Å². The van der Waals surface area contributed by atoms with Gasteiger partial charge in [-0.1, -0.05) is 75.2 Å². The Labute approximate surface area is 257 Å². The molecule has 35 heavy (non-hydrogen) atoms. The standard InChI is InChI=1S/2C12H14O3.2ClH.Na.2Zn/c2*1-2-3-8-11(13)9-6-4-5-7-10(9)12(14)15;;;;;/h2*4-7H,2-3,8H2,1H3,(H,14,15);2*1H;;;/q;;;;+1;2*+2/p-4. The van der Waals surface area contributed by atoms with Crippen molar-refractivity contribution in [3.05, 3.63) is 70.8 Å². The molecule has 0 atom stereocenters. The van der Waals surface area contributed by atoms with E-state index in [9.17, 15) is 29.4 Å². The number of benzene rings is 2. The number of carboxylic acids is 2. The van der Waals surface area contributed by atoms with Crippen LogP contribution in [0.3, 0.4) is 0 Å². The summed E-state index contributed by atoms with van der Waals surface area (Å²) in [4.78, 5) is 44.7. The first-order valence-electron chi connectivity index (χ1n) is 10.5. The first kappa shape index (κ1) is 39.1. The van der Waals surface area contributed by atoms with Crippen LogP contribution >= 0.6 is 19.4 Å². The van der Waals surface area contributed by atoms with E-state index in [0.29, 0.717) is 12.8 Å². The molecule has 0 unspecified atom stereocenters. The summed E-state index contributed by atoms with van der Waals surface area (Å²) in [5.74, 6) is -2.85.